The SMILES string of the molecule is COc1cccc(C2(CN)CCC2)c1OC. The third kappa shape index (κ3) is 1.55. The predicted molar refractivity (Wildman–Crippen MR) is 64.1 cm³/mol. The Labute approximate surface area is 96.5 Å². The molecule has 3 heteroatoms. The molecule has 0 aliphatic heterocycles. The summed E-state index contributed by atoms with van der Waals surface area (Å²) in [6.45, 7) is 0.677. The predicted octanol–water partition coefficient (Wildman–Crippen LogP) is 2.08. The smallest absolute Gasteiger partial charge is 0.164 e. The van der Waals surface area contributed by atoms with E-state index in [9.17, 15) is 0 Å². The van der Waals surface area contributed by atoms with E-state index in [4.69, 9.17) is 15.2 Å². The highest BCUT2D eigenvalue weighted by atomic mass is 16.5. The lowest BCUT2D eigenvalue weighted by Crippen LogP contribution is -2.41. The summed E-state index contributed by atoms with van der Waals surface area (Å²) >= 11 is 0. The quantitative estimate of drug-likeness (QED) is 0.846. The highest BCUT2D eigenvalue weighted by Crippen LogP contribution is 2.48. The average Bonchev–Trinajstić information content (AvgIpc) is 2.28. The molecule has 0 unspecified atom stereocenters. The molecule has 1 aromatic rings. The minimum atomic E-state index is 0.111. The van der Waals surface area contributed by atoms with Gasteiger partial charge in [0.25, 0.3) is 0 Å². The van der Waals surface area contributed by atoms with Gasteiger partial charge in [-0.25, -0.2) is 0 Å². The van der Waals surface area contributed by atoms with Crippen molar-refractivity contribution in [3.63, 3.8) is 0 Å². The van der Waals surface area contributed by atoms with Gasteiger partial charge in [-0.2, -0.15) is 0 Å². The Morgan fingerprint density at radius 2 is 2.00 bits per heavy atom. The Morgan fingerprint density at radius 1 is 1.25 bits per heavy atom. The van der Waals surface area contributed by atoms with E-state index in [0.717, 1.165) is 24.3 Å². The lowest BCUT2D eigenvalue weighted by Gasteiger charge is -2.42. The molecule has 0 bridgehead atoms. The first kappa shape index (κ1) is 11.3. The fourth-order valence-corrected chi connectivity index (χ4v) is 2.49. The van der Waals surface area contributed by atoms with Gasteiger partial charge >= 0.3 is 0 Å². The van der Waals surface area contributed by atoms with E-state index in [-0.39, 0.29) is 5.41 Å². The van der Waals surface area contributed by atoms with Gasteiger partial charge < -0.3 is 15.2 Å². The van der Waals surface area contributed by atoms with E-state index in [1.165, 1.54) is 12.0 Å². The van der Waals surface area contributed by atoms with Crippen LogP contribution in [0.15, 0.2) is 18.2 Å². The van der Waals surface area contributed by atoms with E-state index in [2.05, 4.69) is 6.07 Å². The molecule has 0 radical (unpaired) electrons. The maximum atomic E-state index is 5.92. The van der Waals surface area contributed by atoms with Gasteiger partial charge in [0.05, 0.1) is 14.2 Å². The second-order valence-electron chi connectivity index (χ2n) is 4.38. The normalized spacial score (nSPS) is 17.7. The van der Waals surface area contributed by atoms with Gasteiger partial charge in [0.15, 0.2) is 11.5 Å². The van der Waals surface area contributed by atoms with Crippen LogP contribution in [0.3, 0.4) is 0 Å². The van der Waals surface area contributed by atoms with Crippen LogP contribution >= 0.6 is 0 Å². The van der Waals surface area contributed by atoms with Crippen LogP contribution in [-0.2, 0) is 5.41 Å². The summed E-state index contributed by atoms with van der Waals surface area (Å²) in [7, 11) is 3.35. The number of nitrogens with two attached hydrogens (primary N) is 1. The largest absolute Gasteiger partial charge is 0.493 e. The van der Waals surface area contributed by atoms with Crippen LogP contribution in [0.4, 0.5) is 0 Å². The fourth-order valence-electron chi connectivity index (χ4n) is 2.49. The van der Waals surface area contributed by atoms with E-state index >= 15 is 0 Å². The zero-order chi connectivity index (χ0) is 11.6. The highest BCUT2D eigenvalue weighted by Gasteiger charge is 2.40. The summed E-state index contributed by atoms with van der Waals surface area (Å²) in [4.78, 5) is 0. The molecule has 0 amide bonds. The summed E-state index contributed by atoms with van der Waals surface area (Å²) in [6, 6.07) is 6.03. The second kappa shape index (κ2) is 4.34. The van der Waals surface area contributed by atoms with Crippen molar-refractivity contribution < 1.29 is 9.47 Å². The van der Waals surface area contributed by atoms with E-state index in [1.807, 2.05) is 12.1 Å². The van der Waals surface area contributed by atoms with Gasteiger partial charge in [-0.3, -0.25) is 0 Å². The van der Waals surface area contributed by atoms with Crippen molar-refractivity contribution in [2.45, 2.75) is 24.7 Å². The molecule has 16 heavy (non-hydrogen) atoms. The van der Waals surface area contributed by atoms with Crippen molar-refractivity contribution in [3.8, 4) is 11.5 Å². The van der Waals surface area contributed by atoms with Gasteiger partial charge in [-0.15, -0.1) is 0 Å². The van der Waals surface area contributed by atoms with Crippen LogP contribution in [0.1, 0.15) is 24.8 Å². The van der Waals surface area contributed by atoms with Crippen LogP contribution in [0.25, 0.3) is 0 Å². The molecule has 0 aromatic heterocycles. The van der Waals surface area contributed by atoms with Crippen LogP contribution in [-0.4, -0.2) is 20.8 Å². The van der Waals surface area contributed by atoms with Crippen molar-refractivity contribution in [2.75, 3.05) is 20.8 Å². The molecular formula is C13H19NO2. The molecule has 0 saturated heterocycles. The number of benzene rings is 1. The van der Waals surface area contributed by atoms with E-state index in [0.29, 0.717) is 6.54 Å². The summed E-state index contributed by atoms with van der Waals surface area (Å²) < 4.78 is 10.8. The molecule has 1 aliphatic rings. The number of methoxy groups -OCH3 is 2. The van der Waals surface area contributed by atoms with Crippen LogP contribution in [0.5, 0.6) is 11.5 Å². The van der Waals surface area contributed by atoms with Gasteiger partial charge in [-0.1, -0.05) is 18.6 Å². The standard InChI is InChI=1S/C13H19NO2/c1-15-11-6-3-5-10(12(11)16-2)13(9-14)7-4-8-13/h3,5-6H,4,7-9,14H2,1-2H3. The minimum absolute atomic E-state index is 0.111. The fraction of sp³-hybridized carbons (Fsp3) is 0.538. The van der Waals surface area contributed by atoms with Crippen molar-refractivity contribution in [2.24, 2.45) is 5.73 Å². The molecular weight excluding hydrogens is 202 g/mol. The van der Waals surface area contributed by atoms with Gasteiger partial charge in [0, 0.05) is 17.5 Å². The molecule has 1 aromatic carbocycles. The first-order valence-corrected chi connectivity index (χ1v) is 5.69. The molecule has 0 spiro atoms. The summed E-state index contributed by atoms with van der Waals surface area (Å²) in [5.41, 5.74) is 7.23. The third-order valence-electron chi connectivity index (χ3n) is 3.68. The first-order chi connectivity index (χ1) is 7.77. The third-order valence-corrected chi connectivity index (χ3v) is 3.68. The van der Waals surface area contributed by atoms with E-state index in [1.54, 1.807) is 14.2 Å². The maximum Gasteiger partial charge on any atom is 0.164 e. The van der Waals surface area contributed by atoms with Crippen molar-refractivity contribution >= 4 is 0 Å². The number of ether oxygens (including phenoxy) is 2. The molecule has 0 heterocycles. The Morgan fingerprint density at radius 3 is 2.44 bits per heavy atom. The summed E-state index contributed by atoms with van der Waals surface area (Å²) in [6.07, 6.45) is 3.54. The van der Waals surface area contributed by atoms with Crippen molar-refractivity contribution in [1.29, 1.82) is 0 Å². The average molecular weight is 221 g/mol. The lowest BCUT2D eigenvalue weighted by atomic mass is 9.64. The number of rotatable bonds is 4. The van der Waals surface area contributed by atoms with Crippen molar-refractivity contribution in [1.82, 2.24) is 0 Å². The summed E-state index contributed by atoms with van der Waals surface area (Å²) in [5, 5.41) is 0. The molecule has 2 N–H and O–H groups in total. The molecule has 3 nitrogen and oxygen atoms in total. The Hall–Kier alpha value is -1.22. The highest BCUT2D eigenvalue weighted by molar-refractivity contribution is 5.51. The monoisotopic (exact) mass is 221 g/mol. The molecule has 2 rings (SSSR count). The number of para-hydroxylation sites is 1. The number of hydrogen-bond acceptors (Lipinski definition) is 3. The maximum absolute atomic E-state index is 5.92. The molecule has 1 fully saturated rings. The molecule has 1 saturated carbocycles. The Bertz CT molecular complexity index is 367. The lowest BCUT2D eigenvalue weighted by molar-refractivity contribution is 0.240. The van der Waals surface area contributed by atoms with E-state index < -0.39 is 0 Å². The van der Waals surface area contributed by atoms with Gasteiger partial charge in [-0.05, 0) is 18.9 Å². The topological polar surface area (TPSA) is 44.5 Å². The first-order valence-electron chi connectivity index (χ1n) is 5.69. The molecule has 0 atom stereocenters. The Kier molecular flexibility index (Phi) is 3.06. The van der Waals surface area contributed by atoms with Crippen LogP contribution in [0, 0.1) is 0 Å². The zero-order valence-corrected chi connectivity index (χ0v) is 9.95. The molecule has 88 valence electrons. The van der Waals surface area contributed by atoms with Crippen molar-refractivity contribution in [3.05, 3.63) is 23.8 Å². The second-order valence-corrected chi connectivity index (χ2v) is 4.38. The Balaban J connectivity index is 2.47. The number of hydrogen-bond donors (Lipinski definition) is 1. The van der Waals surface area contributed by atoms with Gasteiger partial charge in [0.2, 0.25) is 0 Å². The van der Waals surface area contributed by atoms with Crippen LogP contribution < -0.4 is 15.2 Å². The minimum Gasteiger partial charge on any atom is -0.493 e. The van der Waals surface area contributed by atoms with Gasteiger partial charge in [0.1, 0.15) is 0 Å². The van der Waals surface area contributed by atoms with Crippen LogP contribution in [0.2, 0.25) is 0 Å². The zero-order valence-electron chi connectivity index (χ0n) is 9.95. The summed E-state index contributed by atoms with van der Waals surface area (Å²) in [5.74, 6) is 1.63. The molecule has 1 aliphatic carbocycles.